The third-order valence-electron chi connectivity index (χ3n) is 4.22. The smallest absolute Gasteiger partial charge is 0.270 e. The van der Waals surface area contributed by atoms with Crippen LogP contribution in [0.4, 0.5) is 5.69 Å². The summed E-state index contributed by atoms with van der Waals surface area (Å²) in [5, 5.41) is 0. The number of ether oxygens (including phenoxy) is 1. The Hall–Kier alpha value is -1.88. The highest BCUT2D eigenvalue weighted by Crippen LogP contribution is 2.38. The molecule has 0 spiro atoms. The van der Waals surface area contributed by atoms with Gasteiger partial charge in [-0.05, 0) is 56.9 Å². The van der Waals surface area contributed by atoms with Gasteiger partial charge in [-0.15, -0.1) is 11.3 Å². The first kappa shape index (κ1) is 15.0. The Balaban J connectivity index is 1.95. The second kappa shape index (κ2) is 6.08. The Kier molecular flexibility index (Phi) is 4.16. The molecule has 22 heavy (non-hydrogen) atoms. The molecule has 0 N–H and O–H groups in total. The van der Waals surface area contributed by atoms with Crippen molar-refractivity contribution in [1.82, 2.24) is 4.98 Å². The highest BCUT2D eigenvalue weighted by atomic mass is 32.1. The fourth-order valence-electron chi connectivity index (χ4n) is 2.69. The number of amides is 1. The Labute approximate surface area is 134 Å². The number of nitrogens with zero attached hydrogens (tertiary/aromatic N) is 2. The summed E-state index contributed by atoms with van der Waals surface area (Å²) in [7, 11) is 1.64. The molecule has 0 bridgehead atoms. The number of rotatable bonds is 5. The molecule has 1 atom stereocenters. The topological polar surface area (TPSA) is 42.4 Å². The lowest BCUT2D eigenvalue weighted by Gasteiger charge is -2.29. The molecule has 116 valence electrons. The molecule has 1 aromatic heterocycles. The summed E-state index contributed by atoms with van der Waals surface area (Å²) in [5.41, 5.74) is 3.45. The first-order valence-corrected chi connectivity index (χ1v) is 8.37. The van der Waals surface area contributed by atoms with Gasteiger partial charge in [0.05, 0.1) is 18.3 Å². The summed E-state index contributed by atoms with van der Waals surface area (Å²) in [6.07, 6.45) is 2.39. The van der Waals surface area contributed by atoms with Crippen LogP contribution in [0.3, 0.4) is 0 Å². The van der Waals surface area contributed by atoms with Crippen LogP contribution in [0.25, 0.3) is 0 Å². The molecule has 1 fully saturated rings. The zero-order valence-corrected chi connectivity index (χ0v) is 13.9. The van der Waals surface area contributed by atoms with Crippen molar-refractivity contribution in [3.05, 3.63) is 40.3 Å². The van der Waals surface area contributed by atoms with Crippen LogP contribution in [-0.4, -0.2) is 24.0 Å². The van der Waals surface area contributed by atoms with E-state index in [1.807, 2.05) is 36.1 Å². The molecule has 5 heteroatoms. The van der Waals surface area contributed by atoms with E-state index in [-0.39, 0.29) is 11.9 Å². The van der Waals surface area contributed by atoms with Crippen LogP contribution in [-0.2, 0) is 0 Å². The minimum absolute atomic E-state index is 0.0459. The van der Waals surface area contributed by atoms with E-state index >= 15 is 0 Å². The SMILES string of the molecule is COc1ccc(N(C(=O)c2scnc2C)C(C)C2CC2)cc1. The zero-order valence-electron chi connectivity index (χ0n) is 13.1. The Morgan fingerprint density at radius 1 is 1.36 bits per heavy atom. The zero-order chi connectivity index (χ0) is 15.7. The van der Waals surface area contributed by atoms with E-state index in [9.17, 15) is 4.79 Å². The van der Waals surface area contributed by atoms with Gasteiger partial charge in [-0.3, -0.25) is 4.79 Å². The van der Waals surface area contributed by atoms with Gasteiger partial charge in [0, 0.05) is 11.7 Å². The Bertz CT molecular complexity index is 662. The van der Waals surface area contributed by atoms with Crippen molar-refractivity contribution in [2.45, 2.75) is 32.7 Å². The van der Waals surface area contributed by atoms with Gasteiger partial charge in [0.15, 0.2) is 0 Å². The molecule has 1 unspecified atom stereocenters. The summed E-state index contributed by atoms with van der Waals surface area (Å²) in [4.78, 5) is 19.9. The first-order chi connectivity index (χ1) is 10.6. The number of benzene rings is 1. The predicted molar refractivity (Wildman–Crippen MR) is 88.8 cm³/mol. The van der Waals surface area contributed by atoms with E-state index in [1.165, 1.54) is 24.2 Å². The van der Waals surface area contributed by atoms with Gasteiger partial charge >= 0.3 is 0 Å². The van der Waals surface area contributed by atoms with Crippen molar-refractivity contribution in [3.63, 3.8) is 0 Å². The van der Waals surface area contributed by atoms with Gasteiger partial charge in [0.1, 0.15) is 10.6 Å². The first-order valence-electron chi connectivity index (χ1n) is 7.49. The highest BCUT2D eigenvalue weighted by Gasteiger charge is 2.36. The number of carbonyl (C=O) groups excluding carboxylic acids is 1. The number of aromatic nitrogens is 1. The summed E-state index contributed by atoms with van der Waals surface area (Å²) in [5.74, 6) is 1.44. The molecule has 1 aromatic carbocycles. The third-order valence-corrected chi connectivity index (χ3v) is 5.14. The van der Waals surface area contributed by atoms with Gasteiger partial charge in [0.2, 0.25) is 0 Å². The molecule has 0 radical (unpaired) electrons. The van der Waals surface area contributed by atoms with E-state index in [1.54, 1.807) is 12.6 Å². The molecule has 0 saturated heterocycles. The van der Waals surface area contributed by atoms with Crippen LogP contribution >= 0.6 is 11.3 Å². The van der Waals surface area contributed by atoms with Gasteiger partial charge in [-0.2, -0.15) is 0 Å². The van der Waals surface area contributed by atoms with Gasteiger partial charge in [-0.1, -0.05) is 0 Å². The van der Waals surface area contributed by atoms with Gasteiger partial charge < -0.3 is 9.64 Å². The second-order valence-electron chi connectivity index (χ2n) is 5.72. The molecule has 0 aliphatic heterocycles. The molecule has 1 saturated carbocycles. The van der Waals surface area contributed by atoms with Crippen LogP contribution in [0.1, 0.15) is 35.1 Å². The lowest BCUT2D eigenvalue weighted by molar-refractivity contribution is 0.0979. The van der Waals surface area contributed by atoms with Crippen molar-refractivity contribution in [3.8, 4) is 5.75 Å². The van der Waals surface area contributed by atoms with Crippen LogP contribution in [0.15, 0.2) is 29.8 Å². The maximum absolute atomic E-state index is 13.0. The minimum atomic E-state index is 0.0459. The highest BCUT2D eigenvalue weighted by molar-refractivity contribution is 7.12. The fourth-order valence-corrected chi connectivity index (χ4v) is 3.42. The van der Waals surface area contributed by atoms with Gasteiger partial charge in [0.25, 0.3) is 5.91 Å². The molecule has 1 aliphatic carbocycles. The molecule has 3 rings (SSSR count). The Morgan fingerprint density at radius 2 is 2.05 bits per heavy atom. The maximum atomic E-state index is 13.0. The largest absolute Gasteiger partial charge is 0.497 e. The molecule has 2 aromatic rings. The lowest BCUT2D eigenvalue weighted by atomic mass is 10.1. The van der Waals surface area contributed by atoms with Gasteiger partial charge in [-0.25, -0.2) is 4.98 Å². The normalized spacial score (nSPS) is 15.4. The monoisotopic (exact) mass is 316 g/mol. The quantitative estimate of drug-likeness (QED) is 0.840. The Morgan fingerprint density at radius 3 is 2.55 bits per heavy atom. The van der Waals surface area contributed by atoms with Crippen molar-refractivity contribution in [2.24, 2.45) is 5.92 Å². The average molecular weight is 316 g/mol. The minimum Gasteiger partial charge on any atom is -0.497 e. The van der Waals surface area contributed by atoms with E-state index in [0.717, 1.165) is 22.0 Å². The number of methoxy groups -OCH3 is 1. The molecular formula is C17H20N2O2S. The number of hydrogen-bond donors (Lipinski definition) is 0. The van der Waals surface area contributed by atoms with Crippen molar-refractivity contribution < 1.29 is 9.53 Å². The standard InChI is InChI=1S/C17H20N2O2S/c1-11-16(22-10-18-11)17(20)19(12(2)13-4-5-13)14-6-8-15(21-3)9-7-14/h6-10,12-13H,4-5H2,1-3H3. The lowest BCUT2D eigenvalue weighted by Crippen LogP contribution is -2.40. The summed E-state index contributed by atoms with van der Waals surface area (Å²) < 4.78 is 5.21. The number of carbonyl (C=O) groups is 1. The number of thiazole rings is 1. The van der Waals surface area contributed by atoms with Crippen LogP contribution in [0, 0.1) is 12.8 Å². The summed E-state index contributed by atoms with van der Waals surface area (Å²) >= 11 is 1.41. The fraction of sp³-hybridized carbons (Fsp3) is 0.412. The maximum Gasteiger partial charge on any atom is 0.270 e. The molecule has 1 heterocycles. The van der Waals surface area contributed by atoms with Crippen molar-refractivity contribution in [1.29, 1.82) is 0 Å². The number of hydrogen-bond acceptors (Lipinski definition) is 4. The summed E-state index contributed by atoms with van der Waals surface area (Å²) in [6, 6.07) is 7.89. The molecule has 4 nitrogen and oxygen atoms in total. The molecular weight excluding hydrogens is 296 g/mol. The molecule has 1 amide bonds. The van der Waals surface area contributed by atoms with Crippen molar-refractivity contribution in [2.75, 3.05) is 12.0 Å². The van der Waals surface area contributed by atoms with E-state index in [4.69, 9.17) is 4.74 Å². The van der Waals surface area contributed by atoms with Crippen LogP contribution in [0.5, 0.6) is 5.75 Å². The number of aryl methyl sites for hydroxylation is 1. The molecule has 1 aliphatic rings. The third kappa shape index (κ3) is 2.86. The summed E-state index contributed by atoms with van der Waals surface area (Å²) in [6.45, 7) is 4.02. The van der Waals surface area contributed by atoms with Crippen molar-refractivity contribution >= 4 is 22.9 Å². The van der Waals surface area contributed by atoms with Crippen LogP contribution < -0.4 is 9.64 Å². The van der Waals surface area contributed by atoms with E-state index in [2.05, 4.69) is 11.9 Å². The van der Waals surface area contributed by atoms with E-state index < -0.39 is 0 Å². The number of anilines is 1. The predicted octanol–water partition coefficient (Wildman–Crippen LogP) is 3.91. The van der Waals surface area contributed by atoms with Crippen LogP contribution in [0.2, 0.25) is 0 Å². The average Bonchev–Trinajstić information content (AvgIpc) is 3.30. The van der Waals surface area contributed by atoms with E-state index in [0.29, 0.717) is 5.92 Å². The second-order valence-corrected chi connectivity index (χ2v) is 6.57.